The largest absolute Gasteiger partial charge is 0.335 e. The summed E-state index contributed by atoms with van der Waals surface area (Å²) in [4.78, 5) is 0. The molecule has 0 saturated heterocycles. The van der Waals surface area contributed by atoms with Crippen molar-refractivity contribution in [2.24, 2.45) is 0 Å². The molecular weight excluding hydrogens is 144 g/mol. The van der Waals surface area contributed by atoms with Gasteiger partial charge in [0.1, 0.15) is 0 Å². The van der Waals surface area contributed by atoms with Gasteiger partial charge >= 0.3 is 0 Å². The Morgan fingerprint density at radius 3 is 1.44 bits per heavy atom. The molecule has 0 aliphatic rings. The molecule has 0 rings (SSSR count). The number of hydrogen-bond donors (Lipinski definition) is 0. The molecular formula is C5H18N2Si2. The zero-order chi connectivity index (χ0) is 7.28. The van der Waals surface area contributed by atoms with Crippen molar-refractivity contribution in [2.45, 2.75) is 5.67 Å². The third-order valence-electron chi connectivity index (χ3n) is 1.21. The SMILES string of the molecule is CN(C)[SiH2]C[SiH2]N(C)C. The van der Waals surface area contributed by atoms with Gasteiger partial charge in [0.25, 0.3) is 0 Å². The van der Waals surface area contributed by atoms with Crippen molar-refractivity contribution in [3.05, 3.63) is 0 Å². The van der Waals surface area contributed by atoms with E-state index in [0.29, 0.717) is 0 Å². The zero-order valence-corrected chi connectivity index (χ0v) is 9.84. The van der Waals surface area contributed by atoms with E-state index in [1.54, 1.807) is 5.67 Å². The minimum absolute atomic E-state index is 0.157. The second-order valence-corrected chi connectivity index (χ2v) is 9.21. The highest BCUT2D eigenvalue weighted by Gasteiger charge is 1.93. The van der Waals surface area contributed by atoms with E-state index in [-0.39, 0.29) is 19.4 Å². The molecule has 0 fully saturated rings. The standard InChI is InChI=1S/C5H18N2Si2/c1-6(2)8-5-9-7(3)4/h5,8-9H2,1-4H3. The number of nitrogens with zero attached hydrogens (tertiary/aromatic N) is 2. The summed E-state index contributed by atoms with van der Waals surface area (Å²) in [6.07, 6.45) is 0. The molecule has 0 aliphatic heterocycles. The molecule has 0 saturated carbocycles. The van der Waals surface area contributed by atoms with Gasteiger partial charge in [-0.05, 0) is 33.9 Å². The lowest BCUT2D eigenvalue weighted by Gasteiger charge is -2.11. The van der Waals surface area contributed by atoms with Gasteiger partial charge in [-0.15, -0.1) is 0 Å². The van der Waals surface area contributed by atoms with E-state index in [0.717, 1.165) is 0 Å². The van der Waals surface area contributed by atoms with E-state index in [2.05, 4.69) is 37.3 Å². The van der Waals surface area contributed by atoms with Gasteiger partial charge in [0.05, 0.1) is 19.4 Å². The number of hydrogen-bond acceptors (Lipinski definition) is 2. The minimum atomic E-state index is 0.157. The van der Waals surface area contributed by atoms with Crippen LogP contribution in [0.3, 0.4) is 0 Å². The third-order valence-corrected chi connectivity index (χ3v) is 5.53. The van der Waals surface area contributed by atoms with Crippen molar-refractivity contribution in [1.29, 1.82) is 0 Å². The van der Waals surface area contributed by atoms with E-state index in [1.165, 1.54) is 0 Å². The van der Waals surface area contributed by atoms with Crippen LogP contribution in [0.5, 0.6) is 0 Å². The van der Waals surface area contributed by atoms with Gasteiger partial charge < -0.3 is 9.13 Å². The molecule has 0 atom stereocenters. The summed E-state index contributed by atoms with van der Waals surface area (Å²) >= 11 is 0. The maximum atomic E-state index is 2.39. The smallest absolute Gasteiger partial charge is 0.0924 e. The van der Waals surface area contributed by atoms with Gasteiger partial charge in [-0.25, -0.2) is 0 Å². The predicted octanol–water partition coefficient (Wildman–Crippen LogP) is -1.35. The quantitative estimate of drug-likeness (QED) is 0.472. The molecule has 0 aliphatic carbocycles. The lowest BCUT2D eigenvalue weighted by Crippen LogP contribution is -2.25. The van der Waals surface area contributed by atoms with Crippen LogP contribution < -0.4 is 0 Å². The fraction of sp³-hybridized carbons (Fsp3) is 1.00. The van der Waals surface area contributed by atoms with Crippen molar-refractivity contribution >= 4 is 19.4 Å². The summed E-state index contributed by atoms with van der Waals surface area (Å²) in [5.41, 5.74) is 1.54. The molecule has 0 bridgehead atoms. The second-order valence-electron chi connectivity index (χ2n) is 2.96. The summed E-state index contributed by atoms with van der Waals surface area (Å²) in [7, 11) is 9.08. The predicted molar refractivity (Wildman–Crippen MR) is 49.3 cm³/mol. The highest BCUT2D eigenvalue weighted by atomic mass is 28.3. The van der Waals surface area contributed by atoms with Gasteiger partial charge in [-0.3, -0.25) is 0 Å². The van der Waals surface area contributed by atoms with Crippen LogP contribution in [0.1, 0.15) is 0 Å². The fourth-order valence-electron chi connectivity index (χ4n) is 0.703. The molecule has 0 radical (unpaired) electrons. The van der Waals surface area contributed by atoms with Crippen LogP contribution >= 0.6 is 0 Å². The first-order chi connectivity index (χ1) is 4.13. The van der Waals surface area contributed by atoms with Crippen LogP contribution in [0.15, 0.2) is 0 Å². The molecule has 0 spiro atoms. The Bertz CT molecular complexity index is 58.0. The van der Waals surface area contributed by atoms with Crippen LogP contribution in [-0.4, -0.2) is 56.7 Å². The van der Waals surface area contributed by atoms with Crippen molar-refractivity contribution in [1.82, 2.24) is 9.13 Å². The Morgan fingerprint density at radius 2 is 1.22 bits per heavy atom. The highest BCUT2D eigenvalue weighted by molar-refractivity contribution is 6.52. The van der Waals surface area contributed by atoms with Crippen LogP contribution in [0.4, 0.5) is 0 Å². The van der Waals surface area contributed by atoms with Crippen LogP contribution in [0.2, 0.25) is 5.67 Å². The topological polar surface area (TPSA) is 6.48 Å². The normalized spacial score (nSPS) is 14.0. The van der Waals surface area contributed by atoms with Gasteiger partial charge in [-0.1, -0.05) is 0 Å². The van der Waals surface area contributed by atoms with Gasteiger partial charge in [0.2, 0.25) is 0 Å². The fourth-order valence-corrected chi connectivity index (χ4v) is 6.33. The van der Waals surface area contributed by atoms with Crippen LogP contribution in [0, 0.1) is 0 Å². The van der Waals surface area contributed by atoms with Crippen LogP contribution in [-0.2, 0) is 0 Å². The van der Waals surface area contributed by atoms with E-state index in [9.17, 15) is 0 Å². The summed E-state index contributed by atoms with van der Waals surface area (Å²) in [5, 5.41) is 0. The average molecular weight is 162 g/mol. The first kappa shape index (κ1) is 9.35. The van der Waals surface area contributed by atoms with Crippen molar-refractivity contribution in [3.63, 3.8) is 0 Å². The Balaban J connectivity index is 2.91. The van der Waals surface area contributed by atoms with Crippen molar-refractivity contribution in [3.8, 4) is 0 Å². The monoisotopic (exact) mass is 162 g/mol. The maximum absolute atomic E-state index is 2.39. The van der Waals surface area contributed by atoms with Gasteiger partial charge in [-0.2, -0.15) is 0 Å². The third kappa shape index (κ3) is 8.35. The highest BCUT2D eigenvalue weighted by Crippen LogP contribution is 1.80. The Hall–Kier alpha value is 0.354. The van der Waals surface area contributed by atoms with Gasteiger partial charge in [0, 0.05) is 0 Å². The molecule has 0 aromatic heterocycles. The van der Waals surface area contributed by atoms with Crippen molar-refractivity contribution < 1.29 is 0 Å². The van der Waals surface area contributed by atoms with E-state index in [4.69, 9.17) is 0 Å². The minimum Gasteiger partial charge on any atom is -0.335 e. The molecule has 0 heterocycles. The molecule has 0 amide bonds. The summed E-state index contributed by atoms with van der Waals surface area (Å²) < 4.78 is 4.77. The Morgan fingerprint density at radius 1 is 0.889 bits per heavy atom. The molecule has 2 nitrogen and oxygen atoms in total. The van der Waals surface area contributed by atoms with E-state index >= 15 is 0 Å². The van der Waals surface area contributed by atoms with E-state index in [1.807, 2.05) is 0 Å². The molecule has 0 aromatic rings. The Kier molecular flexibility index (Phi) is 5.37. The van der Waals surface area contributed by atoms with E-state index < -0.39 is 0 Å². The molecule has 0 aromatic carbocycles. The molecule has 0 N–H and O–H groups in total. The summed E-state index contributed by atoms with van der Waals surface area (Å²) in [5.74, 6) is 0. The first-order valence-corrected chi connectivity index (χ1v) is 6.69. The Labute approximate surface area is 63.0 Å². The molecule has 56 valence electrons. The van der Waals surface area contributed by atoms with Crippen LogP contribution in [0.25, 0.3) is 0 Å². The molecule has 4 heteroatoms. The van der Waals surface area contributed by atoms with Gasteiger partial charge in [0.15, 0.2) is 0 Å². The number of rotatable bonds is 4. The maximum Gasteiger partial charge on any atom is 0.0924 e. The summed E-state index contributed by atoms with van der Waals surface area (Å²) in [6.45, 7) is 0. The molecule has 0 unspecified atom stereocenters. The summed E-state index contributed by atoms with van der Waals surface area (Å²) in [6, 6.07) is 0. The first-order valence-electron chi connectivity index (χ1n) is 3.42. The zero-order valence-electron chi connectivity index (χ0n) is 7.02. The van der Waals surface area contributed by atoms with Crippen molar-refractivity contribution in [2.75, 3.05) is 28.2 Å². The molecule has 9 heavy (non-hydrogen) atoms. The average Bonchev–Trinajstić information content (AvgIpc) is 1.63. The second kappa shape index (κ2) is 5.16. The lowest BCUT2D eigenvalue weighted by atomic mass is 11.3. The lowest BCUT2D eigenvalue weighted by molar-refractivity contribution is 0.648.